The van der Waals surface area contributed by atoms with Crippen LogP contribution in [0.3, 0.4) is 0 Å². The van der Waals surface area contributed by atoms with Gasteiger partial charge in [-0.2, -0.15) is 0 Å². The summed E-state index contributed by atoms with van der Waals surface area (Å²) in [6.45, 7) is 12.2. The molecule has 2 nitrogen and oxygen atoms in total. The van der Waals surface area contributed by atoms with Crippen molar-refractivity contribution in [1.82, 2.24) is 0 Å². The van der Waals surface area contributed by atoms with Crippen molar-refractivity contribution in [2.24, 2.45) is 0 Å². The summed E-state index contributed by atoms with van der Waals surface area (Å²) in [7, 11) is -1.77. The zero-order valence-corrected chi connectivity index (χ0v) is 15.7. The highest BCUT2D eigenvalue weighted by atomic mass is 28.4. The smallest absolute Gasteiger partial charge is 0.192 e. The van der Waals surface area contributed by atoms with Crippen LogP contribution in [0.4, 0.5) is 0 Å². The summed E-state index contributed by atoms with van der Waals surface area (Å²) in [6.07, 6.45) is 3.22. The van der Waals surface area contributed by atoms with Crippen LogP contribution in [0.15, 0.2) is 30.3 Å². The van der Waals surface area contributed by atoms with Crippen LogP contribution in [0.1, 0.15) is 52.0 Å². The first-order chi connectivity index (χ1) is 10.2. The molecule has 0 N–H and O–H groups in total. The number of benzene rings is 1. The van der Waals surface area contributed by atoms with Crippen LogP contribution in [-0.4, -0.2) is 20.7 Å². The van der Waals surface area contributed by atoms with Crippen LogP contribution in [0.5, 0.6) is 0 Å². The van der Waals surface area contributed by atoms with Gasteiger partial charge in [0.2, 0.25) is 0 Å². The minimum Gasteiger partial charge on any atom is -0.416 e. The van der Waals surface area contributed by atoms with Gasteiger partial charge in [0, 0.05) is 24.9 Å². The minimum absolute atomic E-state index is 0.0185. The van der Waals surface area contributed by atoms with E-state index in [2.05, 4.69) is 64.2 Å². The van der Waals surface area contributed by atoms with Crippen LogP contribution in [0.25, 0.3) is 0 Å². The van der Waals surface area contributed by atoms with Crippen molar-refractivity contribution in [2.75, 3.05) is 6.61 Å². The minimum atomic E-state index is -1.77. The molecular weight excluding hydrogens is 288 g/mol. The molecule has 2 rings (SSSR count). The van der Waals surface area contributed by atoms with Crippen molar-refractivity contribution in [3.63, 3.8) is 0 Å². The fourth-order valence-corrected chi connectivity index (χ4v) is 3.92. The van der Waals surface area contributed by atoms with Crippen molar-refractivity contribution in [3.05, 3.63) is 35.9 Å². The lowest BCUT2D eigenvalue weighted by Gasteiger charge is -2.43. The molecule has 1 aliphatic rings. The molecule has 0 bridgehead atoms. The molecular formula is C19H30O2Si. The molecule has 0 spiro atoms. The van der Waals surface area contributed by atoms with Crippen LogP contribution < -0.4 is 0 Å². The predicted molar refractivity (Wildman–Crippen MR) is 94.7 cm³/mol. The quantitative estimate of drug-likeness (QED) is 0.723. The summed E-state index contributed by atoms with van der Waals surface area (Å²) in [5.74, 6) is 0.402. The van der Waals surface area contributed by atoms with Gasteiger partial charge in [-0.15, -0.1) is 0 Å². The zero-order chi connectivity index (χ0) is 16.4. The maximum Gasteiger partial charge on any atom is 0.192 e. The third kappa shape index (κ3) is 3.69. The SMILES string of the molecule is CC(C)(C)[Si](C)(C)OCC1(c2ccccc2)CCC(=O)CC1. The Balaban J connectivity index is 2.22. The Kier molecular flexibility index (Phi) is 4.98. The Morgan fingerprint density at radius 2 is 1.64 bits per heavy atom. The molecule has 22 heavy (non-hydrogen) atoms. The molecule has 1 aliphatic carbocycles. The summed E-state index contributed by atoms with van der Waals surface area (Å²) in [6, 6.07) is 10.6. The van der Waals surface area contributed by atoms with Gasteiger partial charge in [0.1, 0.15) is 5.78 Å². The molecule has 0 aromatic heterocycles. The molecule has 0 radical (unpaired) electrons. The van der Waals surface area contributed by atoms with Gasteiger partial charge in [0.05, 0.1) is 0 Å². The van der Waals surface area contributed by atoms with E-state index >= 15 is 0 Å². The number of carbonyl (C=O) groups excluding carboxylic acids is 1. The van der Waals surface area contributed by atoms with Gasteiger partial charge in [0.25, 0.3) is 0 Å². The summed E-state index contributed by atoms with van der Waals surface area (Å²) in [5, 5.41) is 0.218. The Bertz CT molecular complexity index is 504. The average molecular weight is 319 g/mol. The lowest BCUT2D eigenvalue weighted by molar-refractivity contribution is -0.121. The van der Waals surface area contributed by atoms with Crippen molar-refractivity contribution in [3.8, 4) is 0 Å². The van der Waals surface area contributed by atoms with Gasteiger partial charge in [-0.3, -0.25) is 4.79 Å². The monoisotopic (exact) mass is 318 g/mol. The molecule has 0 heterocycles. The van der Waals surface area contributed by atoms with E-state index in [1.165, 1.54) is 5.56 Å². The molecule has 0 atom stereocenters. The summed E-state index contributed by atoms with van der Waals surface area (Å²) in [4.78, 5) is 11.7. The first-order valence-electron chi connectivity index (χ1n) is 8.38. The number of hydrogen-bond donors (Lipinski definition) is 0. The fraction of sp³-hybridized carbons (Fsp3) is 0.632. The second kappa shape index (κ2) is 6.29. The Labute approximate surface area is 136 Å². The van der Waals surface area contributed by atoms with E-state index in [1.54, 1.807) is 0 Å². The maximum absolute atomic E-state index is 11.7. The first kappa shape index (κ1) is 17.4. The van der Waals surface area contributed by atoms with Crippen LogP contribution in [0.2, 0.25) is 18.1 Å². The molecule has 1 aromatic carbocycles. The lowest BCUT2D eigenvalue weighted by Crippen LogP contribution is -2.46. The Morgan fingerprint density at radius 3 is 2.14 bits per heavy atom. The van der Waals surface area contributed by atoms with Crippen molar-refractivity contribution in [2.45, 2.75) is 70.0 Å². The molecule has 0 saturated heterocycles. The van der Waals surface area contributed by atoms with Crippen molar-refractivity contribution >= 4 is 14.1 Å². The van der Waals surface area contributed by atoms with E-state index in [0.717, 1.165) is 19.4 Å². The molecule has 0 aliphatic heterocycles. The van der Waals surface area contributed by atoms with E-state index in [0.29, 0.717) is 18.6 Å². The predicted octanol–water partition coefficient (Wildman–Crippen LogP) is 5.09. The van der Waals surface area contributed by atoms with Gasteiger partial charge in [-0.25, -0.2) is 0 Å². The fourth-order valence-electron chi connectivity index (χ4n) is 2.85. The van der Waals surface area contributed by atoms with E-state index < -0.39 is 8.32 Å². The molecule has 0 unspecified atom stereocenters. The standard InChI is InChI=1S/C19H30O2Si/c1-18(2,3)22(4,5)21-15-19(13-11-17(20)12-14-19)16-9-7-6-8-10-16/h6-10H,11-15H2,1-5H3. The second-order valence-corrected chi connectivity index (χ2v) is 13.0. The second-order valence-electron chi connectivity index (χ2n) is 8.23. The number of hydrogen-bond acceptors (Lipinski definition) is 2. The van der Waals surface area contributed by atoms with Gasteiger partial charge >= 0.3 is 0 Å². The third-order valence-corrected chi connectivity index (χ3v) is 10.1. The largest absolute Gasteiger partial charge is 0.416 e. The summed E-state index contributed by atoms with van der Waals surface area (Å²) >= 11 is 0. The summed E-state index contributed by atoms with van der Waals surface area (Å²) < 4.78 is 6.55. The molecule has 1 saturated carbocycles. The van der Waals surface area contributed by atoms with E-state index in [4.69, 9.17) is 4.43 Å². The van der Waals surface area contributed by atoms with Crippen molar-refractivity contribution in [1.29, 1.82) is 0 Å². The van der Waals surface area contributed by atoms with E-state index in [1.807, 2.05) is 0 Å². The normalized spacial score (nSPS) is 19.2. The molecule has 0 amide bonds. The number of ketones is 1. The Hall–Kier alpha value is -0.933. The number of rotatable bonds is 4. The van der Waals surface area contributed by atoms with Crippen LogP contribution in [-0.2, 0) is 14.6 Å². The average Bonchev–Trinajstić information content (AvgIpc) is 2.47. The zero-order valence-electron chi connectivity index (χ0n) is 14.7. The maximum atomic E-state index is 11.7. The van der Waals surface area contributed by atoms with Crippen LogP contribution in [0, 0.1) is 0 Å². The van der Waals surface area contributed by atoms with Gasteiger partial charge in [-0.05, 0) is 36.5 Å². The molecule has 1 fully saturated rings. The van der Waals surface area contributed by atoms with Crippen LogP contribution >= 0.6 is 0 Å². The highest BCUT2D eigenvalue weighted by molar-refractivity contribution is 6.74. The number of Topliss-reactive ketones (excluding diaryl/α,β-unsaturated/α-hetero) is 1. The molecule has 122 valence electrons. The first-order valence-corrected chi connectivity index (χ1v) is 11.3. The highest BCUT2D eigenvalue weighted by Crippen LogP contribution is 2.42. The summed E-state index contributed by atoms with van der Waals surface area (Å²) in [5.41, 5.74) is 1.35. The van der Waals surface area contributed by atoms with Gasteiger partial charge in [0.15, 0.2) is 8.32 Å². The van der Waals surface area contributed by atoms with Crippen molar-refractivity contribution < 1.29 is 9.22 Å². The lowest BCUT2D eigenvalue weighted by atomic mass is 9.70. The number of carbonyl (C=O) groups is 1. The molecule has 3 heteroatoms. The van der Waals surface area contributed by atoms with E-state index in [-0.39, 0.29) is 10.5 Å². The van der Waals surface area contributed by atoms with Gasteiger partial charge < -0.3 is 4.43 Å². The van der Waals surface area contributed by atoms with E-state index in [9.17, 15) is 4.79 Å². The molecule has 1 aromatic rings. The third-order valence-electron chi connectivity index (χ3n) is 5.67. The topological polar surface area (TPSA) is 26.3 Å². The highest BCUT2D eigenvalue weighted by Gasteiger charge is 2.42. The Morgan fingerprint density at radius 1 is 1.09 bits per heavy atom. The van der Waals surface area contributed by atoms with Gasteiger partial charge in [-0.1, -0.05) is 51.1 Å².